The number of para-hydroxylation sites is 1. The van der Waals surface area contributed by atoms with Crippen LogP contribution in [0.3, 0.4) is 0 Å². The van der Waals surface area contributed by atoms with Gasteiger partial charge in [0, 0.05) is 36.5 Å². The Bertz CT molecular complexity index is 1390. The number of hydrogen-bond donors (Lipinski definition) is 1. The third kappa shape index (κ3) is 4.25. The molecule has 0 spiro atoms. The van der Waals surface area contributed by atoms with E-state index in [1.807, 2.05) is 44.2 Å². The molecule has 3 atom stereocenters. The van der Waals surface area contributed by atoms with Crippen LogP contribution in [0, 0.1) is 0 Å². The van der Waals surface area contributed by atoms with Gasteiger partial charge in [-0.25, -0.2) is 0 Å². The summed E-state index contributed by atoms with van der Waals surface area (Å²) in [5.74, 6) is 1.18. The second-order valence-corrected chi connectivity index (χ2v) is 10.9. The van der Waals surface area contributed by atoms with Crippen molar-refractivity contribution in [1.29, 1.82) is 0 Å². The molecule has 3 aromatic rings. The number of fused-ring (bicyclic) bond motifs is 5. The predicted molar refractivity (Wildman–Crippen MR) is 148 cm³/mol. The van der Waals surface area contributed by atoms with Gasteiger partial charge in [-0.05, 0) is 62.4 Å². The van der Waals surface area contributed by atoms with Gasteiger partial charge in [-0.3, -0.25) is 9.59 Å². The average Bonchev–Trinajstić information content (AvgIpc) is 3.60. The Kier molecular flexibility index (Phi) is 6.75. The maximum Gasteiger partial charge on any atom is 0.255 e. The summed E-state index contributed by atoms with van der Waals surface area (Å²) in [6.45, 7) is 8.70. The molecule has 6 rings (SSSR count). The summed E-state index contributed by atoms with van der Waals surface area (Å²) in [6, 6.07) is 14.2. The van der Waals surface area contributed by atoms with Gasteiger partial charge >= 0.3 is 0 Å². The van der Waals surface area contributed by atoms with E-state index >= 15 is 0 Å². The molecule has 39 heavy (non-hydrogen) atoms. The van der Waals surface area contributed by atoms with Crippen molar-refractivity contribution >= 4 is 22.7 Å². The van der Waals surface area contributed by atoms with Crippen LogP contribution < -0.4 is 9.47 Å². The lowest BCUT2D eigenvalue weighted by Crippen LogP contribution is -2.68. The van der Waals surface area contributed by atoms with Crippen molar-refractivity contribution in [3.63, 3.8) is 0 Å². The zero-order valence-electron chi connectivity index (χ0n) is 23.0. The molecule has 4 heterocycles. The zero-order chi connectivity index (χ0) is 27.1. The number of nitrogens with one attached hydrogen (secondary N) is 1. The summed E-state index contributed by atoms with van der Waals surface area (Å²) in [5, 5.41) is 1.07. The third-order valence-electron chi connectivity index (χ3n) is 8.40. The highest BCUT2D eigenvalue weighted by molar-refractivity contribution is 6.01. The second kappa shape index (κ2) is 10.2. The van der Waals surface area contributed by atoms with Gasteiger partial charge in [-0.2, -0.15) is 0 Å². The number of aromatic nitrogens is 1. The molecule has 2 aromatic carbocycles. The van der Waals surface area contributed by atoms with Crippen molar-refractivity contribution in [1.82, 2.24) is 14.8 Å². The fraction of sp³-hybridized carbons (Fsp3) is 0.484. The largest absolute Gasteiger partial charge is 0.490 e. The normalized spacial score (nSPS) is 24.7. The van der Waals surface area contributed by atoms with Crippen molar-refractivity contribution in [2.24, 2.45) is 0 Å². The highest BCUT2D eigenvalue weighted by atomic mass is 16.5. The quantitative estimate of drug-likeness (QED) is 0.461. The number of aromatic amines is 1. The van der Waals surface area contributed by atoms with Crippen molar-refractivity contribution < 1.29 is 23.8 Å². The third-order valence-corrected chi connectivity index (χ3v) is 8.40. The summed E-state index contributed by atoms with van der Waals surface area (Å²) in [7, 11) is 0. The minimum atomic E-state index is -1.12. The molecule has 0 aliphatic carbocycles. The first-order valence-electron chi connectivity index (χ1n) is 14.2. The molecule has 2 fully saturated rings. The summed E-state index contributed by atoms with van der Waals surface area (Å²) < 4.78 is 17.7. The molecule has 0 saturated carbocycles. The van der Waals surface area contributed by atoms with Crippen LogP contribution in [-0.2, 0) is 19.9 Å². The second-order valence-electron chi connectivity index (χ2n) is 10.9. The fourth-order valence-electron chi connectivity index (χ4n) is 6.50. The van der Waals surface area contributed by atoms with Crippen LogP contribution in [0.5, 0.6) is 11.5 Å². The lowest BCUT2D eigenvalue weighted by Gasteiger charge is -2.51. The molecular weight excluding hydrogens is 494 g/mol. The standard InChI is InChI=1S/C31H37N3O5/c1-4-14-39-25-13-12-20(16-26(25)37-5-2)23-18-34-27(35)19-33(17-21-9-8-15-38-21)30(36)31(34,3)29-28(23)22-10-6-7-11-24(22)32-29/h6-7,10-13,16,21,23,32H,4-5,8-9,14-15,17-19H2,1-3H3/t21?,23?,31-/m0/s1. The number of carbonyl (C=O) groups excluding carboxylic acids is 2. The monoisotopic (exact) mass is 531 g/mol. The first-order valence-corrected chi connectivity index (χ1v) is 14.2. The van der Waals surface area contributed by atoms with Gasteiger partial charge in [0.2, 0.25) is 5.91 Å². The lowest BCUT2D eigenvalue weighted by atomic mass is 9.76. The topological polar surface area (TPSA) is 84.1 Å². The van der Waals surface area contributed by atoms with E-state index in [1.165, 1.54) is 0 Å². The van der Waals surface area contributed by atoms with Gasteiger partial charge in [0.15, 0.2) is 17.0 Å². The van der Waals surface area contributed by atoms with E-state index in [4.69, 9.17) is 14.2 Å². The number of hydrogen-bond acceptors (Lipinski definition) is 5. The van der Waals surface area contributed by atoms with Gasteiger partial charge in [0.05, 0.1) is 31.6 Å². The van der Waals surface area contributed by atoms with Crippen molar-refractivity contribution in [3.05, 3.63) is 59.3 Å². The molecule has 1 N–H and O–H groups in total. The summed E-state index contributed by atoms with van der Waals surface area (Å²) in [6.07, 6.45) is 2.80. The molecule has 2 amide bonds. The van der Waals surface area contributed by atoms with Crippen LogP contribution in [0.4, 0.5) is 0 Å². The Balaban J connectivity index is 1.46. The van der Waals surface area contributed by atoms with Crippen molar-refractivity contribution in [2.45, 2.75) is 57.6 Å². The van der Waals surface area contributed by atoms with Crippen molar-refractivity contribution in [2.75, 3.05) is 39.5 Å². The number of nitrogens with zero attached hydrogens (tertiary/aromatic N) is 2. The lowest BCUT2D eigenvalue weighted by molar-refractivity contribution is -0.167. The number of ether oxygens (including phenoxy) is 3. The first-order chi connectivity index (χ1) is 19.0. The minimum absolute atomic E-state index is 0.0131. The van der Waals surface area contributed by atoms with E-state index in [0.717, 1.165) is 52.7 Å². The van der Waals surface area contributed by atoms with Gasteiger partial charge in [0.1, 0.15) is 0 Å². The van der Waals surface area contributed by atoms with Crippen molar-refractivity contribution in [3.8, 4) is 11.5 Å². The van der Waals surface area contributed by atoms with E-state index in [2.05, 4.69) is 24.0 Å². The number of benzene rings is 2. The smallest absolute Gasteiger partial charge is 0.255 e. The molecule has 3 aliphatic rings. The van der Waals surface area contributed by atoms with Gasteiger partial charge in [-0.15, -0.1) is 0 Å². The van der Waals surface area contributed by atoms with Gasteiger partial charge < -0.3 is 29.0 Å². The molecule has 1 aromatic heterocycles. The molecule has 0 radical (unpaired) electrons. The van der Waals surface area contributed by atoms with E-state index in [0.29, 0.717) is 38.7 Å². The number of amides is 2. The van der Waals surface area contributed by atoms with Crippen LogP contribution in [0.1, 0.15) is 62.8 Å². The van der Waals surface area contributed by atoms with Crippen LogP contribution in [-0.4, -0.2) is 72.2 Å². The molecule has 8 nitrogen and oxygen atoms in total. The zero-order valence-corrected chi connectivity index (χ0v) is 23.0. The average molecular weight is 532 g/mol. The Morgan fingerprint density at radius 1 is 1.10 bits per heavy atom. The molecule has 2 unspecified atom stereocenters. The SMILES string of the molecule is CCCOc1ccc(C2CN3C(=O)CN(CC4CCCO4)C(=O)[C@]3(C)c3[nH]c4ccccc4c32)cc1OCC. The fourth-order valence-corrected chi connectivity index (χ4v) is 6.50. The Morgan fingerprint density at radius 3 is 2.72 bits per heavy atom. The van der Waals surface area contributed by atoms with Gasteiger partial charge in [-0.1, -0.05) is 31.2 Å². The molecule has 0 bridgehead atoms. The minimum Gasteiger partial charge on any atom is -0.490 e. The van der Waals surface area contributed by atoms with E-state index < -0.39 is 5.54 Å². The highest BCUT2D eigenvalue weighted by Gasteiger charge is 2.56. The molecule has 3 aliphatic heterocycles. The number of H-pyrrole nitrogens is 1. The molecular formula is C31H37N3O5. The van der Waals surface area contributed by atoms with Crippen LogP contribution in [0.2, 0.25) is 0 Å². The van der Waals surface area contributed by atoms with Crippen LogP contribution in [0.15, 0.2) is 42.5 Å². The Morgan fingerprint density at radius 2 is 1.95 bits per heavy atom. The Labute approximate surface area is 229 Å². The summed E-state index contributed by atoms with van der Waals surface area (Å²) in [5.41, 5.74) is 2.72. The van der Waals surface area contributed by atoms with Crippen LogP contribution >= 0.6 is 0 Å². The molecule has 8 heteroatoms. The van der Waals surface area contributed by atoms with E-state index in [9.17, 15) is 9.59 Å². The summed E-state index contributed by atoms with van der Waals surface area (Å²) >= 11 is 0. The number of rotatable bonds is 8. The molecule has 206 valence electrons. The summed E-state index contributed by atoms with van der Waals surface area (Å²) in [4.78, 5) is 35.0. The number of piperazine rings is 1. The maximum atomic E-state index is 14.2. The predicted octanol–water partition coefficient (Wildman–Crippen LogP) is 4.57. The molecule has 2 saturated heterocycles. The Hall–Kier alpha value is -3.52. The van der Waals surface area contributed by atoms with E-state index in [1.54, 1.807) is 9.80 Å². The highest BCUT2D eigenvalue weighted by Crippen LogP contribution is 2.49. The van der Waals surface area contributed by atoms with Crippen LogP contribution in [0.25, 0.3) is 10.9 Å². The van der Waals surface area contributed by atoms with Gasteiger partial charge in [0.25, 0.3) is 5.91 Å². The first kappa shape index (κ1) is 25.7. The maximum absolute atomic E-state index is 14.2. The number of carbonyl (C=O) groups is 2. The van der Waals surface area contributed by atoms with E-state index in [-0.39, 0.29) is 30.4 Å².